The molecule has 1 aromatic carbocycles. The number of aromatic hydroxyl groups is 1. The molecular weight excluding hydrogens is 254 g/mol. The van der Waals surface area contributed by atoms with Gasteiger partial charge in [-0.1, -0.05) is 18.2 Å². The van der Waals surface area contributed by atoms with E-state index in [1.54, 1.807) is 18.2 Å². The van der Waals surface area contributed by atoms with E-state index in [-0.39, 0.29) is 18.1 Å². The SMILES string of the molecule is O=C(Cc1ccccc1O)NCCCN1CCNCC1. The van der Waals surface area contributed by atoms with Crippen molar-refractivity contribution < 1.29 is 9.90 Å². The number of rotatable bonds is 6. The summed E-state index contributed by atoms with van der Waals surface area (Å²) in [4.78, 5) is 14.2. The van der Waals surface area contributed by atoms with Crippen LogP contribution >= 0.6 is 0 Å². The molecule has 1 amide bonds. The number of nitrogens with zero attached hydrogens (tertiary/aromatic N) is 1. The minimum absolute atomic E-state index is 0.0354. The lowest BCUT2D eigenvalue weighted by molar-refractivity contribution is -0.120. The molecule has 1 heterocycles. The summed E-state index contributed by atoms with van der Waals surface area (Å²) in [7, 11) is 0. The van der Waals surface area contributed by atoms with Crippen molar-refractivity contribution in [3.63, 3.8) is 0 Å². The van der Waals surface area contributed by atoms with Crippen molar-refractivity contribution >= 4 is 5.91 Å². The van der Waals surface area contributed by atoms with E-state index in [4.69, 9.17) is 0 Å². The Morgan fingerprint density at radius 3 is 2.80 bits per heavy atom. The highest BCUT2D eigenvalue weighted by molar-refractivity contribution is 5.79. The van der Waals surface area contributed by atoms with E-state index >= 15 is 0 Å². The zero-order chi connectivity index (χ0) is 14.2. The number of para-hydroxylation sites is 1. The molecule has 3 N–H and O–H groups in total. The lowest BCUT2D eigenvalue weighted by Gasteiger charge is -2.27. The summed E-state index contributed by atoms with van der Waals surface area (Å²) < 4.78 is 0. The quantitative estimate of drug-likeness (QED) is 0.656. The number of nitrogens with one attached hydrogen (secondary N) is 2. The molecule has 1 fully saturated rings. The maximum atomic E-state index is 11.8. The second-order valence-electron chi connectivity index (χ2n) is 5.10. The van der Waals surface area contributed by atoms with Gasteiger partial charge < -0.3 is 20.6 Å². The van der Waals surface area contributed by atoms with Gasteiger partial charge in [0.25, 0.3) is 0 Å². The van der Waals surface area contributed by atoms with Crippen LogP contribution in [0.1, 0.15) is 12.0 Å². The summed E-state index contributed by atoms with van der Waals surface area (Å²) in [6.07, 6.45) is 1.20. The molecule has 20 heavy (non-hydrogen) atoms. The van der Waals surface area contributed by atoms with Crippen LogP contribution in [0.5, 0.6) is 5.75 Å². The fourth-order valence-corrected chi connectivity index (χ4v) is 2.36. The first-order valence-electron chi connectivity index (χ1n) is 7.22. The molecule has 110 valence electrons. The Bertz CT molecular complexity index is 431. The second kappa shape index (κ2) is 7.87. The Morgan fingerprint density at radius 2 is 2.05 bits per heavy atom. The van der Waals surface area contributed by atoms with Crippen LogP contribution in [-0.4, -0.2) is 55.2 Å². The van der Waals surface area contributed by atoms with E-state index in [2.05, 4.69) is 15.5 Å². The molecule has 1 aromatic rings. The average Bonchev–Trinajstić information content (AvgIpc) is 2.47. The van der Waals surface area contributed by atoms with Crippen LogP contribution in [0.3, 0.4) is 0 Å². The lowest BCUT2D eigenvalue weighted by atomic mass is 10.1. The van der Waals surface area contributed by atoms with Crippen molar-refractivity contribution in [2.24, 2.45) is 0 Å². The standard InChI is InChI=1S/C15H23N3O2/c19-14-5-2-1-4-13(14)12-15(20)17-6-3-9-18-10-7-16-8-11-18/h1-2,4-5,16,19H,3,6-12H2,(H,17,20). The maximum Gasteiger partial charge on any atom is 0.224 e. The van der Waals surface area contributed by atoms with Gasteiger partial charge >= 0.3 is 0 Å². The molecule has 0 saturated carbocycles. The molecule has 0 spiro atoms. The zero-order valence-electron chi connectivity index (χ0n) is 11.8. The summed E-state index contributed by atoms with van der Waals surface area (Å²) in [5, 5.41) is 15.8. The predicted molar refractivity (Wildman–Crippen MR) is 78.7 cm³/mol. The van der Waals surface area contributed by atoms with Crippen molar-refractivity contribution in [2.75, 3.05) is 39.3 Å². The van der Waals surface area contributed by atoms with Crippen molar-refractivity contribution in [1.29, 1.82) is 0 Å². The van der Waals surface area contributed by atoms with Gasteiger partial charge in [-0.3, -0.25) is 4.79 Å². The zero-order valence-corrected chi connectivity index (χ0v) is 11.8. The smallest absolute Gasteiger partial charge is 0.224 e. The highest BCUT2D eigenvalue weighted by Gasteiger charge is 2.09. The number of benzene rings is 1. The number of hydrogen-bond donors (Lipinski definition) is 3. The van der Waals surface area contributed by atoms with Gasteiger partial charge in [0.2, 0.25) is 5.91 Å². The van der Waals surface area contributed by atoms with Gasteiger partial charge in [0.05, 0.1) is 6.42 Å². The van der Waals surface area contributed by atoms with Gasteiger partial charge in [0, 0.05) is 38.3 Å². The van der Waals surface area contributed by atoms with E-state index < -0.39 is 0 Å². The fourth-order valence-electron chi connectivity index (χ4n) is 2.36. The molecule has 0 unspecified atom stereocenters. The molecule has 2 rings (SSSR count). The van der Waals surface area contributed by atoms with E-state index in [0.29, 0.717) is 12.1 Å². The van der Waals surface area contributed by atoms with E-state index in [9.17, 15) is 9.90 Å². The summed E-state index contributed by atoms with van der Waals surface area (Å²) in [5.74, 6) is 0.148. The molecule has 1 aliphatic rings. The minimum atomic E-state index is -0.0354. The van der Waals surface area contributed by atoms with Crippen LogP contribution in [0.4, 0.5) is 0 Å². The minimum Gasteiger partial charge on any atom is -0.508 e. The average molecular weight is 277 g/mol. The number of carbonyl (C=O) groups excluding carboxylic acids is 1. The lowest BCUT2D eigenvalue weighted by Crippen LogP contribution is -2.44. The molecule has 1 aliphatic heterocycles. The summed E-state index contributed by atoms with van der Waals surface area (Å²) in [6, 6.07) is 6.96. The van der Waals surface area contributed by atoms with Gasteiger partial charge in [-0.15, -0.1) is 0 Å². The maximum absolute atomic E-state index is 11.8. The third-order valence-corrected chi connectivity index (χ3v) is 3.53. The molecule has 0 aromatic heterocycles. The number of amides is 1. The summed E-state index contributed by atoms with van der Waals surface area (Å²) >= 11 is 0. The van der Waals surface area contributed by atoms with Gasteiger partial charge in [-0.05, 0) is 19.0 Å². The van der Waals surface area contributed by atoms with Gasteiger partial charge in [-0.2, -0.15) is 0 Å². The van der Waals surface area contributed by atoms with Crippen molar-refractivity contribution in [3.05, 3.63) is 29.8 Å². The van der Waals surface area contributed by atoms with Crippen molar-refractivity contribution in [1.82, 2.24) is 15.5 Å². The Morgan fingerprint density at radius 1 is 1.30 bits per heavy atom. The van der Waals surface area contributed by atoms with E-state index in [1.165, 1.54) is 0 Å². The third-order valence-electron chi connectivity index (χ3n) is 3.53. The molecule has 0 radical (unpaired) electrons. The largest absolute Gasteiger partial charge is 0.508 e. The predicted octanol–water partition coefficient (Wildman–Crippen LogP) is 0.346. The molecule has 5 nitrogen and oxygen atoms in total. The number of carbonyl (C=O) groups is 1. The normalized spacial score (nSPS) is 16.0. The van der Waals surface area contributed by atoms with Crippen molar-refractivity contribution in [3.8, 4) is 5.75 Å². The van der Waals surface area contributed by atoms with Crippen LogP contribution in [0, 0.1) is 0 Å². The molecule has 1 saturated heterocycles. The Balaban J connectivity index is 1.61. The Labute approximate surface area is 120 Å². The van der Waals surface area contributed by atoms with E-state index in [0.717, 1.165) is 39.1 Å². The topological polar surface area (TPSA) is 64.6 Å². The fraction of sp³-hybridized carbons (Fsp3) is 0.533. The molecular formula is C15H23N3O2. The monoisotopic (exact) mass is 277 g/mol. The number of hydrogen-bond acceptors (Lipinski definition) is 4. The highest BCUT2D eigenvalue weighted by atomic mass is 16.3. The molecule has 0 atom stereocenters. The first-order chi connectivity index (χ1) is 9.75. The Hall–Kier alpha value is -1.59. The van der Waals surface area contributed by atoms with Crippen LogP contribution < -0.4 is 10.6 Å². The third kappa shape index (κ3) is 4.83. The number of phenols is 1. The Kier molecular flexibility index (Phi) is 5.83. The first-order valence-corrected chi connectivity index (χ1v) is 7.22. The molecule has 0 aliphatic carbocycles. The molecule has 0 bridgehead atoms. The second-order valence-corrected chi connectivity index (χ2v) is 5.10. The van der Waals surface area contributed by atoms with Crippen molar-refractivity contribution in [2.45, 2.75) is 12.8 Å². The van der Waals surface area contributed by atoms with Crippen LogP contribution in [0.25, 0.3) is 0 Å². The molecule has 5 heteroatoms. The van der Waals surface area contributed by atoms with Crippen LogP contribution in [0.15, 0.2) is 24.3 Å². The first kappa shape index (κ1) is 14.8. The summed E-state index contributed by atoms with van der Waals surface area (Å²) in [6.45, 7) is 6.01. The van der Waals surface area contributed by atoms with Gasteiger partial charge in [0.1, 0.15) is 5.75 Å². The van der Waals surface area contributed by atoms with Gasteiger partial charge in [0.15, 0.2) is 0 Å². The van der Waals surface area contributed by atoms with Crippen LogP contribution in [-0.2, 0) is 11.2 Å². The summed E-state index contributed by atoms with van der Waals surface area (Å²) in [5.41, 5.74) is 0.673. The highest BCUT2D eigenvalue weighted by Crippen LogP contribution is 2.15. The van der Waals surface area contributed by atoms with Crippen LogP contribution in [0.2, 0.25) is 0 Å². The van der Waals surface area contributed by atoms with E-state index in [1.807, 2.05) is 6.07 Å². The number of phenolic OH excluding ortho intramolecular Hbond substituents is 1. The number of piperazine rings is 1. The van der Waals surface area contributed by atoms with Gasteiger partial charge in [-0.25, -0.2) is 0 Å².